The molecule has 0 aromatic heterocycles. The van der Waals surface area contributed by atoms with Crippen molar-refractivity contribution in [2.24, 2.45) is 0 Å². The average molecular weight is 327 g/mol. The molecule has 0 aliphatic carbocycles. The minimum absolute atomic E-state index is 0.0326. The van der Waals surface area contributed by atoms with Gasteiger partial charge >= 0.3 is 12.0 Å². The fourth-order valence-corrected chi connectivity index (χ4v) is 2.53. The van der Waals surface area contributed by atoms with E-state index >= 15 is 0 Å². The zero-order valence-corrected chi connectivity index (χ0v) is 11.9. The maximum absolute atomic E-state index is 11.8. The summed E-state index contributed by atoms with van der Waals surface area (Å²) in [7, 11) is 0. The van der Waals surface area contributed by atoms with E-state index in [-0.39, 0.29) is 18.5 Å². The number of hydrogen-bond donors (Lipinski definition) is 2. The summed E-state index contributed by atoms with van der Waals surface area (Å²) < 4.78 is 0.976. The topological polar surface area (TPSA) is 69.6 Å². The van der Waals surface area contributed by atoms with E-state index in [2.05, 4.69) is 21.2 Å². The van der Waals surface area contributed by atoms with Gasteiger partial charge in [0, 0.05) is 24.0 Å². The van der Waals surface area contributed by atoms with Crippen LogP contribution in [0.15, 0.2) is 28.7 Å². The molecular formula is C13H15BrN2O3. The summed E-state index contributed by atoms with van der Waals surface area (Å²) in [4.78, 5) is 23.9. The summed E-state index contributed by atoms with van der Waals surface area (Å²) >= 11 is 3.41. The van der Waals surface area contributed by atoms with Gasteiger partial charge in [-0.05, 0) is 24.1 Å². The molecule has 1 saturated heterocycles. The highest BCUT2D eigenvalue weighted by atomic mass is 79.9. The van der Waals surface area contributed by atoms with E-state index in [4.69, 9.17) is 5.11 Å². The Morgan fingerprint density at radius 2 is 2.32 bits per heavy atom. The lowest BCUT2D eigenvalue weighted by molar-refractivity contribution is -0.137. The number of carboxylic acid groups (broad SMARTS) is 1. The molecule has 2 rings (SSSR count). The van der Waals surface area contributed by atoms with Gasteiger partial charge in [-0.2, -0.15) is 0 Å². The first-order chi connectivity index (χ1) is 9.06. The second kappa shape index (κ2) is 6.06. The second-order valence-corrected chi connectivity index (χ2v) is 5.42. The van der Waals surface area contributed by atoms with Crippen LogP contribution in [0.25, 0.3) is 0 Å². The van der Waals surface area contributed by atoms with E-state index in [9.17, 15) is 9.59 Å². The standard InChI is InChI=1S/C13H15BrN2O3/c14-10-4-1-3-9(7-10)11-8-16(13(19)15-11)6-2-5-12(17)18/h1,3-4,7,11H,2,5-6,8H2,(H,15,19)(H,17,18). The van der Waals surface area contributed by atoms with Crippen LogP contribution in [0.5, 0.6) is 0 Å². The molecule has 1 aromatic carbocycles. The number of carbonyl (C=O) groups excluding carboxylic acids is 1. The third kappa shape index (κ3) is 3.70. The Kier molecular flexibility index (Phi) is 4.42. The molecule has 0 radical (unpaired) electrons. The van der Waals surface area contributed by atoms with Gasteiger partial charge in [-0.25, -0.2) is 4.79 Å². The molecule has 1 unspecified atom stereocenters. The van der Waals surface area contributed by atoms with E-state index in [0.29, 0.717) is 19.5 Å². The summed E-state index contributed by atoms with van der Waals surface area (Å²) in [5.74, 6) is -0.830. The molecular weight excluding hydrogens is 312 g/mol. The van der Waals surface area contributed by atoms with Crippen molar-refractivity contribution in [3.63, 3.8) is 0 Å². The number of aliphatic carboxylic acids is 1. The van der Waals surface area contributed by atoms with Crippen molar-refractivity contribution in [3.8, 4) is 0 Å². The van der Waals surface area contributed by atoms with Crippen molar-refractivity contribution in [2.75, 3.05) is 13.1 Å². The third-order valence-electron chi connectivity index (χ3n) is 3.06. The summed E-state index contributed by atoms with van der Waals surface area (Å²) in [5, 5.41) is 11.5. The molecule has 1 aliphatic heterocycles. The maximum atomic E-state index is 11.8. The van der Waals surface area contributed by atoms with Crippen LogP contribution < -0.4 is 5.32 Å². The quantitative estimate of drug-likeness (QED) is 0.872. The molecule has 1 aromatic rings. The Bertz CT molecular complexity index is 493. The van der Waals surface area contributed by atoms with E-state index < -0.39 is 5.97 Å². The first-order valence-corrected chi connectivity index (χ1v) is 6.88. The molecule has 0 spiro atoms. The molecule has 102 valence electrons. The molecule has 2 amide bonds. The first kappa shape index (κ1) is 13.9. The summed E-state index contributed by atoms with van der Waals surface area (Å²) in [5.41, 5.74) is 1.04. The molecule has 0 saturated carbocycles. The maximum Gasteiger partial charge on any atom is 0.318 e. The number of carbonyl (C=O) groups is 2. The Hall–Kier alpha value is -1.56. The molecule has 19 heavy (non-hydrogen) atoms. The van der Waals surface area contributed by atoms with Crippen LogP contribution in [0.1, 0.15) is 24.4 Å². The SMILES string of the molecule is O=C(O)CCCN1CC(c2cccc(Br)c2)NC1=O. The average Bonchev–Trinajstić information content (AvgIpc) is 2.71. The van der Waals surface area contributed by atoms with Crippen molar-refractivity contribution in [2.45, 2.75) is 18.9 Å². The normalized spacial score (nSPS) is 18.5. The van der Waals surface area contributed by atoms with E-state index in [1.54, 1.807) is 4.90 Å². The first-order valence-electron chi connectivity index (χ1n) is 6.09. The van der Waals surface area contributed by atoms with Gasteiger partial charge in [-0.1, -0.05) is 28.1 Å². The van der Waals surface area contributed by atoms with Gasteiger partial charge < -0.3 is 15.3 Å². The lowest BCUT2D eigenvalue weighted by Crippen LogP contribution is -2.29. The highest BCUT2D eigenvalue weighted by Crippen LogP contribution is 2.23. The number of benzene rings is 1. The zero-order chi connectivity index (χ0) is 13.8. The Balaban J connectivity index is 1.93. The van der Waals surface area contributed by atoms with Crippen LogP contribution in [-0.4, -0.2) is 35.1 Å². The minimum Gasteiger partial charge on any atom is -0.481 e. The van der Waals surface area contributed by atoms with Crippen molar-refractivity contribution in [1.82, 2.24) is 10.2 Å². The highest BCUT2D eigenvalue weighted by Gasteiger charge is 2.29. The number of rotatable bonds is 5. The van der Waals surface area contributed by atoms with Crippen molar-refractivity contribution in [1.29, 1.82) is 0 Å². The molecule has 1 fully saturated rings. The van der Waals surface area contributed by atoms with E-state index in [1.165, 1.54) is 0 Å². The van der Waals surface area contributed by atoms with Gasteiger partial charge in [0.2, 0.25) is 0 Å². The molecule has 0 bridgehead atoms. The highest BCUT2D eigenvalue weighted by molar-refractivity contribution is 9.10. The van der Waals surface area contributed by atoms with Gasteiger partial charge in [-0.15, -0.1) is 0 Å². The van der Waals surface area contributed by atoms with Gasteiger partial charge in [0.1, 0.15) is 0 Å². The van der Waals surface area contributed by atoms with Gasteiger partial charge in [0.15, 0.2) is 0 Å². The predicted molar refractivity (Wildman–Crippen MR) is 73.9 cm³/mol. The molecule has 1 atom stereocenters. The Labute approximate surface area is 119 Å². The zero-order valence-electron chi connectivity index (χ0n) is 10.3. The van der Waals surface area contributed by atoms with Crippen LogP contribution >= 0.6 is 15.9 Å². The van der Waals surface area contributed by atoms with Crippen LogP contribution in [-0.2, 0) is 4.79 Å². The van der Waals surface area contributed by atoms with E-state index in [1.807, 2.05) is 24.3 Å². The molecule has 6 heteroatoms. The number of nitrogens with zero attached hydrogens (tertiary/aromatic N) is 1. The summed E-state index contributed by atoms with van der Waals surface area (Å²) in [6, 6.07) is 7.65. The number of nitrogens with one attached hydrogen (secondary N) is 1. The van der Waals surface area contributed by atoms with Crippen molar-refractivity contribution >= 4 is 27.9 Å². The summed E-state index contributed by atoms with van der Waals surface area (Å²) in [6.45, 7) is 1.05. The smallest absolute Gasteiger partial charge is 0.318 e. The molecule has 5 nitrogen and oxygen atoms in total. The Morgan fingerprint density at radius 1 is 1.53 bits per heavy atom. The number of urea groups is 1. The predicted octanol–water partition coefficient (Wildman–Crippen LogP) is 2.38. The van der Waals surface area contributed by atoms with Crippen LogP contribution in [0, 0.1) is 0 Å². The third-order valence-corrected chi connectivity index (χ3v) is 3.55. The van der Waals surface area contributed by atoms with E-state index in [0.717, 1.165) is 10.0 Å². The lowest BCUT2D eigenvalue weighted by Gasteiger charge is -2.14. The van der Waals surface area contributed by atoms with Crippen LogP contribution in [0.4, 0.5) is 4.79 Å². The monoisotopic (exact) mass is 326 g/mol. The summed E-state index contributed by atoms with van der Waals surface area (Å²) in [6.07, 6.45) is 0.569. The second-order valence-electron chi connectivity index (χ2n) is 4.50. The van der Waals surface area contributed by atoms with Gasteiger partial charge in [-0.3, -0.25) is 4.79 Å². The molecule has 2 N–H and O–H groups in total. The van der Waals surface area contributed by atoms with Crippen LogP contribution in [0.3, 0.4) is 0 Å². The van der Waals surface area contributed by atoms with Gasteiger partial charge in [0.25, 0.3) is 0 Å². The number of amides is 2. The van der Waals surface area contributed by atoms with Crippen LogP contribution in [0.2, 0.25) is 0 Å². The number of halogens is 1. The van der Waals surface area contributed by atoms with Gasteiger partial charge in [0.05, 0.1) is 6.04 Å². The largest absolute Gasteiger partial charge is 0.481 e. The number of hydrogen-bond acceptors (Lipinski definition) is 2. The number of carboxylic acids is 1. The Morgan fingerprint density at radius 3 is 3.00 bits per heavy atom. The molecule has 1 heterocycles. The lowest BCUT2D eigenvalue weighted by atomic mass is 10.1. The molecule has 1 aliphatic rings. The van der Waals surface area contributed by atoms with Crippen molar-refractivity contribution in [3.05, 3.63) is 34.3 Å². The minimum atomic E-state index is -0.830. The fraction of sp³-hybridized carbons (Fsp3) is 0.385. The fourth-order valence-electron chi connectivity index (χ4n) is 2.12. The van der Waals surface area contributed by atoms with Crippen molar-refractivity contribution < 1.29 is 14.7 Å².